The Labute approximate surface area is 224 Å². The van der Waals surface area contributed by atoms with Crippen LogP contribution < -0.4 is 16.4 Å². The van der Waals surface area contributed by atoms with Crippen molar-refractivity contribution < 1.29 is 33.4 Å². The van der Waals surface area contributed by atoms with Crippen LogP contribution in [0.1, 0.15) is 77.1 Å². The monoisotopic (exact) mass is 534 g/mol. The van der Waals surface area contributed by atoms with Crippen LogP contribution in [0.3, 0.4) is 0 Å². The molecule has 1 aromatic rings. The first-order valence-electron chi connectivity index (χ1n) is 12.7. The summed E-state index contributed by atoms with van der Waals surface area (Å²) in [7, 11) is 0. The molecule has 0 saturated carbocycles. The molecule has 0 bridgehead atoms. The number of esters is 1. The number of ether oxygens (including phenoxy) is 2. The van der Waals surface area contributed by atoms with Crippen LogP contribution in [0, 0.1) is 13.8 Å². The van der Waals surface area contributed by atoms with Gasteiger partial charge in [0.05, 0.1) is 19.4 Å². The summed E-state index contributed by atoms with van der Waals surface area (Å²) < 4.78 is 10.2. The largest absolute Gasteiger partial charge is 0.466 e. The van der Waals surface area contributed by atoms with Gasteiger partial charge in [-0.2, -0.15) is 0 Å². The maximum Gasteiger partial charge on any atom is 0.408 e. The van der Waals surface area contributed by atoms with E-state index in [1.165, 1.54) is 4.90 Å². The van der Waals surface area contributed by atoms with Crippen LogP contribution >= 0.6 is 0 Å². The maximum absolute atomic E-state index is 13.9. The molecule has 0 saturated heterocycles. The molecule has 0 heterocycles. The molecule has 38 heavy (non-hydrogen) atoms. The molecule has 2 atom stereocenters. The van der Waals surface area contributed by atoms with Gasteiger partial charge in [0.2, 0.25) is 17.7 Å². The van der Waals surface area contributed by atoms with Crippen LogP contribution in [-0.2, 0) is 28.7 Å². The van der Waals surface area contributed by atoms with Gasteiger partial charge in [-0.3, -0.25) is 19.2 Å². The quantitative estimate of drug-likeness (QED) is 0.348. The molecule has 11 nitrogen and oxygen atoms in total. The predicted molar refractivity (Wildman–Crippen MR) is 142 cm³/mol. The van der Waals surface area contributed by atoms with E-state index in [9.17, 15) is 24.0 Å². The molecule has 0 aliphatic carbocycles. The van der Waals surface area contributed by atoms with Crippen LogP contribution in [-0.4, -0.2) is 65.5 Å². The van der Waals surface area contributed by atoms with Crippen molar-refractivity contribution in [3.8, 4) is 0 Å². The van der Waals surface area contributed by atoms with Crippen molar-refractivity contribution in [1.29, 1.82) is 0 Å². The van der Waals surface area contributed by atoms with Gasteiger partial charge in [0.1, 0.15) is 17.7 Å². The number of carbonyl (C=O) groups is 5. The van der Waals surface area contributed by atoms with E-state index in [-0.39, 0.29) is 19.6 Å². The standard InChI is InChI=1S/C27H42N4O7/c1-9-37-21(33)13-14-29-24(34)23(22-17(4)11-10-12-18(22)5)31(16(2)3)25(35)19(15-20(28)32)30-26(36)38-27(6,7)8/h10-12,16,19,23H,9,13-15H2,1-8H3,(H2,28,32)(H,29,34)(H,30,36). The zero-order valence-corrected chi connectivity index (χ0v) is 23.7. The second-order valence-electron chi connectivity index (χ2n) is 10.3. The van der Waals surface area contributed by atoms with E-state index in [2.05, 4.69) is 10.6 Å². The number of primary amides is 1. The molecule has 1 aromatic carbocycles. The van der Waals surface area contributed by atoms with Gasteiger partial charge < -0.3 is 30.7 Å². The molecular weight excluding hydrogens is 492 g/mol. The molecule has 212 valence electrons. The molecule has 0 fully saturated rings. The summed E-state index contributed by atoms with van der Waals surface area (Å²) in [5.74, 6) is -2.48. The molecule has 0 spiro atoms. The van der Waals surface area contributed by atoms with Gasteiger partial charge in [-0.05, 0) is 72.1 Å². The number of nitrogens with one attached hydrogen (secondary N) is 2. The number of rotatable bonds is 12. The van der Waals surface area contributed by atoms with Gasteiger partial charge in [-0.25, -0.2) is 4.79 Å². The van der Waals surface area contributed by atoms with Crippen LogP contribution in [0.25, 0.3) is 0 Å². The summed E-state index contributed by atoms with van der Waals surface area (Å²) >= 11 is 0. The Balaban J connectivity index is 3.49. The number of hydrogen-bond donors (Lipinski definition) is 3. The molecular formula is C27H42N4O7. The Kier molecular flexibility index (Phi) is 12.2. The number of carbonyl (C=O) groups excluding carboxylic acids is 5. The Morgan fingerprint density at radius 2 is 1.63 bits per heavy atom. The predicted octanol–water partition coefficient (Wildman–Crippen LogP) is 2.42. The summed E-state index contributed by atoms with van der Waals surface area (Å²) in [4.78, 5) is 65.0. The number of hydrogen-bond acceptors (Lipinski definition) is 7. The first-order valence-corrected chi connectivity index (χ1v) is 12.7. The van der Waals surface area contributed by atoms with Crippen molar-refractivity contribution in [2.75, 3.05) is 13.2 Å². The molecule has 0 radical (unpaired) electrons. The highest BCUT2D eigenvalue weighted by Gasteiger charge is 2.39. The smallest absolute Gasteiger partial charge is 0.408 e. The molecule has 0 aliphatic rings. The van der Waals surface area contributed by atoms with Gasteiger partial charge in [0.15, 0.2) is 0 Å². The zero-order chi connectivity index (χ0) is 29.2. The average Bonchev–Trinajstić information content (AvgIpc) is 2.75. The van der Waals surface area contributed by atoms with Crippen molar-refractivity contribution in [2.45, 2.75) is 92.0 Å². The zero-order valence-electron chi connectivity index (χ0n) is 23.7. The van der Waals surface area contributed by atoms with Crippen molar-refractivity contribution in [1.82, 2.24) is 15.5 Å². The third-order valence-corrected chi connectivity index (χ3v) is 5.48. The number of nitrogens with two attached hydrogens (primary N) is 1. The highest BCUT2D eigenvalue weighted by atomic mass is 16.6. The van der Waals surface area contributed by atoms with E-state index in [0.29, 0.717) is 5.56 Å². The number of benzene rings is 1. The van der Waals surface area contributed by atoms with Crippen LogP contribution in [0.2, 0.25) is 0 Å². The van der Waals surface area contributed by atoms with Gasteiger partial charge in [-0.1, -0.05) is 18.2 Å². The van der Waals surface area contributed by atoms with Crippen molar-refractivity contribution in [2.24, 2.45) is 5.73 Å². The summed E-state index contributed by atoms with van der Waals surface area (Å²) in [5.41, 5.74) is 6.68. The molecule has 2 unspecified atom stereocenters. The fourth-order valence-electron chi connectivity index (χ4n) is 3.98. The van der Waals surface area contributed by atoms with Gasteiger partial charge in [0.25, 0.3) is 0 Å². The summed E-state index contributed by atoms with van der Waals surface area (Å²) in [6.45, 7) is 14.0. The average molecular weight is 535 g/mol. The van der Waals surface area contributed by atoms with Crippen LogP contribution in [0.15, 0.2) is 18.2 Å². The van der Waals surface area contributed by atoms with E-state index >= 15 is 0 Å². The fraction of sp³-hybridized carbons (Fsp3) is 0.593. The Morgan fingerprint density at radius 1 is 1.05 bits per heavy atom. The third-order valence-electron chi connectivity index (χ3n) is 5.48. The van der Waals surface area contributed by atoms with Crippen LogP contribution in [0.5, 0.6) is 0 Å². The normalized spacial score (nSPS) is 12.8. The first kappa shape index (κ1) is 32.4. The summed E-state index contributed by atoms with van der Waals surface area (Å²) in [5, 5.41) is 5.17. The topological polar surface area (TPSA) is 157 Å². The third kappa shape index (κ3) is 10.0. The van der Waals surface area contributed by atoms with E-state index < -0.39 is 59.9 Å². The number of nitrogens with zero attached hydrogens (tertiary/aromatic N) is 1. The van der Waals surface area contributed by atoms with E-state index in [1.54, 1.807) is 41.5 Å². The lowest BCUT2D eigenvalue weighted by Gasteiger charge is -2.38. The molecule has 4 N–H and O–H groups in total. The van der Waals surface area contributed by atoms with Gasteiger partial charge in [-0.15, -0.1) is 0 Å². The highest BCUT2D eigenvalue weighted by Crippen LogP contribution is 2.30. The molecule has 4 amide bonds. The Morgan fingerprint density at radius 3 is 2.11 bits per heavy atom. The highest BCUT2D eigenvalue weighted by molar-refractivity contribution is 5.95. The first-order chi connectivity index (χ1) is 17.6. The van der Waals surface area contributed by atoms with E-state index in [0.717, 1.165) is 11.1 Å². The van der Waals surface area contributed by atoms with Gasteiger partial charge >= 0.3 is 12.1 Å². The number of aryl methyl sites for hydroxylation is 2. The minimum Gasteiger partial charge on any atom is -0.466 e. The van der Waals surface area contributed by atoms with Gasteiger partial charge in [0, 0.05) is 12.6 Å². The van der Waals surface area contributed by atoms with Crippen LogP contribution in [0.4, 0.5) is 4.79 Å². The Bertz CT molecular complexity index is 997. The maximum atomic E-state index is 13.9. The van der Waals surface area contributed by atoms with E-state index in [1.807, 2.05) is 32.0 Å². The second kappa shape index (κ2) is 14.3. The Hall–Kier alpha value is -3.63. The number of alkyl carbamates (subject to hydrolysis) is 1. The lowest BCUT2D eigenvalue weighted by atomic mass is 9.92. The fourth-order valence-corrected chi connectivity index (χ4v) is 3.98. The summed E-state index contributed by atoms with van der Waals surface area (Å²) in [6.07, 6.45) is -1.44. The van der Waals surface area contributed by atoms with Crippen molar-refractivity contribution in [3.63, 3.8) is 0 Å². The second-order valence-corrected chi connectivity index (χ2v) is 10.3. The summed E-state index contributed by atoms with van der Waals surface area (Å²) in [6, 6.07) is 2.46. The van der Waals surface area contributed by atoms with E-state index in [4.69, 9.17) is 15.2 Å². The van der Waals surface area contributed by atoms with Crippen molar-refractivity contribution in [3.05, 3.63) is 34.9 Å². The molecule has 11 heteroatoms. The lowest BCUT2D eigenvalue weighted by Crippen LogP contribution is -2.56. The number of amides is 4. The minimum absolute atomic E-state index is 0.0000935. The molecule has 0 aromatic heterocycles. The SMILES string of the molecule is CCOC(=O)CCNC(=O)C(c1c(C)cccc1C)N(C(=O)C(CC(N)=O)NC(=O)OC(C)(C)C)C(C)C. The lowest BCUT2D eigenvalue weighted by molar-refractivity contribution is -0.146. The molecule has 1 rings (SSSR count). The van der Waals surface area contributed by atoms with Crippen molar-refractivity contribution >= 4 is 29.8 Å². The molecule has 0 aliphatic heterocycles. The minimum atomic E-state index is -1.37.